The molecule has 0 saturated carbocycles. The number of para-hydroxylation sites is 1. The van der Waals surface area contributed by atoms with E-state index < -0.39 is 24.2 Å². The highest BCUT2D eigenvalue weighted by Gasteiger charge is 2.41. The molecule has 340 valence electrons. The largest absolute Gasteiger partial charge is 0.363 e. The van der Waals surface area contributed by atoms with Crippen molar-refractivity contribution in [3.05, 3.63) is 162 Å². The van der Waals surface area contributed by atoms with Crippen LogP contribution < -0.4 is 15.5 Å². The lowest BCUT2D eigenvalue weighted by Crippen LogP contribution is -2.48. The number of carbonyl (C=O) groups excluding carboxylic acids is 4. The maximum atomic E-state index is 14.2. The second-order valence-corrected chi connectivity index (χ2v) is 17.0. The Bertz CT molecular complexity index is 2160. The fourth-order valence-electron chi connectivity index (χ4n) is 9.54. The molecule has 0 radical (unpaired) electrons. The lowest BCUT2D eigenvalue weighted by Gasteiger charge is -2.34. The number of rotatable bonds is 19. The quantitative estimate of drug-likeness (QED) is 0.0854. The Hall–Kier alpha value is -6.30. The standard InChI is InChI=1S/C54H65N7O4/c1-5-57(6-2)49(42-20-12-9-13-21-42)53(64)60-36-18-26-47(60)51(62)55-44-32-28-40(29-33-44)38-59(46-24-16-11-17-25-46)39-41-30-34-45(35-31-41)56-52(63)48-27-19-37-61(48)54(65)50(58(7-3)8-4)43-22-14-10-15-23-43/h9-17,20-25,28-35,47-50H,5-8,18-19,26-27,36-39H2,1-4H3,(H,55,62)(H,56,63)/t47-,48-,49+,50+/m0/s1. The molecule has 4 amide bonds. The fraction of sp³-hybridized carbons (Fsp3) is 0.370. The molecule has 2 N–H and O–H groups in total. The van der Waals surface area contributed by atoms with Gasteiger partial charge in [0.15, 0.2) is 0 Å². The van der Waals surface area contributed by atoms with Gasteiger partial charge in [0, 0.05) is 43.2 Å². The third-order valence-electron chi connectivity index (χ3n) is 13.0. The Balaban J connectivity index is 0.979. The summed E-state index contributed by atoms with van der Waals surface area (Å²) < 4.78 is 0. The predicted octanol–water partition coefficient (Wildman–Crippen LogP) is 8.92. The zero-order chi connectivity index (χ0) is 45.7. The molecule has 5 aromatic rings. The number of anilines is 3. The predicted molar refractivity (Wildman–Crippen MR) is 260 cm³/mol. The SMILES string of the molecule is CCN(CC)[C@@H](C(=O)N1CCC[C@H]1C(=O)Nc1ccc(CN(Cc2ccc(NC(=O)[C@@H]3CCCN3C(=O)[C@@H](c3ccccc3)N(CC)CC)cc2)c2ccccc2)cc1)c1ccccc1. The molecule has 2 aliphatic heterocycles. The number of benzene rings is 5. The summed E-state index contributed by atoms with van der Waals surface area (Å²) >= 11 is 0. The van der Waals surface area contributed by atoms with Crippen LogP contribution in [0.1, 0.15) is 87.7 Å². The Labute approximate surface area is 385 Å². The summed E-state index contributed by atoms with van der Waals surface area (Å²) in [6.45, 7) is 13.5. The zero-order valence-electron chi connectivity index (χ0n) is 38.4. The summed E-state index contributed by atoms with van der Waals surface area (Å²) in [6, 6.07) is 43.9. The van der Waals surface area contributed by atoms with Gasteiger partial charge in [0.2, 0.25) is 23.6 Å². The number of amides is 4. The van der Waals surface area contributed by atoms with Crippen molar-refractivity contribution in [2.24, 2.45) is 0 Å². The van der Waals surface area contributed by atoms with Crippen molar-refractivity contribution in [1.29, 1.82) is 0 Å². The maximum Gasteiger partial charge on any atom is 0.247 e. The summed E-state index contributed by atoms with van der Waals surface area (Å²) in [4.78, 5) is 66.1. The third kappa shape index (κ3) is 11.3. The summed E-state index contributed by atoms with van der Waals surface area (Å²) in [6.07, 6.45) is 2.82. The second-order valence-electron chi connectivity index (χ2n) is 17.0. The van der Waals surface area contributed by atoms with Crippen LogP contribution in [0.3, 0.4) is 0 Å². The number of likely N-dealkylation sites (tertiary alicyclic amines) is 2. The first kappa shape index (κ1) is 46.7. The number of nitrogens with one attached hydrogen (secondary N) is 2. The minimum atomic E-state index is -0.533. The van der Waals surface area contributed by atoms with Gasteiger partial charge in [0.1, 0.15) is 24.2 Å². The molecule has 0 unspecified atom stereocenters. The van der Waals surface area contributed by atoms with Crippen LogP contribution in [0.5, 0.6) is 0 Å². The van der Waals surface area contributed by atoms with Crippen LogP contribution in [-0.2, 0) is 32.3 Å². The molecule has 2 heterocycles. The lowest BCUT2D eigenvalue weighted by atomic mass is 10.0. The van der Waals surface area contributed by atoms with Crippen LogP contribution in [0, 0.1) is 0 Å². The van der Waals surface area contributed by atoms with E-state index in [-0.39, 0.29) is 23.6 Å². The van der Waals surface area contributed by atoms with Crippen LogP contribution in [0.25, 0.3) is 0 Å². The second kappa shape index (κ2) is 22.5. The normalized spacial score (nSPS) is 17.0. The van der Waals surface area contributed by atoms with E-state index in [1.165, 1.54) is 0 Å². The number of likely N-dealkylation sites (N-methyl/N-ethyl adjacent to an activating group) is 2. The molecule has 11 heteroatoms. The summed E-state index contributed by atoms with van der Waals surface area (Å²) in [5.74, 6) is -0.385. The molecule has 5 aromatic carbocycles. The van der Waals surface area contributed by atoms with Gasteiger partial charge in [0.05, 0.1) is 0 Å². The highest BCUT2D eigenvalue weighted by atomic mass is 16.2. The van der Waals surface area contributed by atoms with Crippen LogP contribution >= 0.6 is 0 Å². The molecule has 7 rings (SSSR count). The van der Waals surface area contributed by atoms with Crippen molar-refractivity contribution in [2.45, 2.75) is 90.6 Å². The number of hydrogen-bond donors (Lipinski definition) is 2. The number of nitrogens with zero attached hydrogens (tertiary/aromatic N) is 5. The van der Waals surface area contributed by atoms with Crippen LogP contribution in [0.15, 0.2) is 140 Å². The van der Waals surface area contributed by atoms with E-state index in [2.05, 4.69) is 65.2 Å². The molecule has 0 aromatic heterocycles. The fourth-order valence-corrected chi connectivity index (χ4v) is 9.54. The minimum Gasteiger partial charge on any atom is -0.363 e. The highest BCUT2D eigenvalue weighted by molar-refractivity contribution is 5.99. The smallest absolute Gasteiger partial charge is 0.247 e. The monoisotopic (exact) mass is 876 g/mol. The van der Waals surface area contributed by atoms with Gasteiger partial charge in [-0.1, -0.05) is 131 Å². The molecule has 2 fully saturated rings. The Morgan fingerprint density at radius 2 is 0.862 bits per heavy atom. The lowest BCUT2D eigenvalue weighted by molar-refractivity contribution is -0.141. The first-order valence-corrected chi connectivity index (χ1v) is 23.5. The van der Waals surface area contributed by atoms with Crippen molar-refractivity contribution in [3.63, 3.8) is 0 Å². The first-order chi connectivity index (χ1) is 31.7. The zero-order valence-corrected chi connectivity index (χ0v) is 38.4. The summed E-state index contributed by atoms with van der Waals surface area (Å²) in [5, 5.41) is 6.22. The molecular formula is C54H65N7O4. The third-order valence-corrected chi connectivity index (χ3v) is 13.0. The number of hydrogen-bond acceptors (Lipinski definition) is 7. The molecule has 0 bridgehead atoms. The van der Waals surface area contributed by atoms with Gasteiger partial charge in [-0.15, -0.1) is 0 Å². The molecule has 2 aliphatic rings. The Kier molecular flexibility index (Phi) is 16.2. The van der Waals surface area contributed by atoms with E-state index >= 15 is 0 Å². The van der Waals surface area contributed by atoms with E-state index in [0.29, 0.717) is 50.4 Å². The topological polar surface area (TPSA) is 109 Å². The molecule has 11 nitrogen and oxygen atoms in total. The van der Waals surface area contributed by atoms with E-state index in [1.54, 1.807) is 9.80 Å². The molecule has 0 spiro atoms. The van der Waals surface area contributed by atoms with Crippen molar-refractivity contribution in [1.82, 2.24) is 19.6 Å². The van der Waals surface area contributed by atoms with Crippen LogP contribution in [0.2, 0.25) is 0 Å². The van der Waals surface area contributed by atoms with Gasteiger partial charge >= 0.3 is 0 Å². The van der Waals surface area contributed by atoms with E-state index in [9.17, 15) is 19.2 Å². The first-order valence-electron chi connectivity index (χ1n) is 23.5. The van der Waals surface area contributed by atoms with Crippen molar-refractivity contribution < 1.29 is 19.2 Å². The summed E-state index contributed by atoms with van der Waals surface area (Å²) in [5.41, 5.74) is 6.48. The van der Waals surface area contributed by atoms with Crippen molar-refractivity contribution in [3.8, 4) is 0 Å². The molecule has 4 atom stereocenters. The van der Waals surface area contributed by atoms with Gasteiger partial charge < -0.3 is 25.3 Å². The van der Waals surface area contributed by atoms with Crippen molar-refractivity contribution >= 4 is 40.7 Å². The summed E-state index contributed by atoms with van der Waals surface area (Å²) in [7, 11) is 0. The van der Waals surface area contributed by atoms with E-state index in [1.807, 2.05) is 127 Å². The van der Waals surface area contributed by atoms with Gasteiger partial charge in [-0.05, 0) is 111 Å². The van der Waals surface area contributed by atoms with E-state index in [0.717, 1.165) is 67.0 Å². The molecule has 65 heavy (non-hydrogen) atoms. The van der Waals surface area contributed by atoms with Gasteiger partial charge in [-0.3, -0.25) is 29.0 Å². The Morgan fingerprint density at radius 1 is 0.508 bits per heavy atom. The van der Waals surface area contributed by atoms with E-state index in [4.69, 9.17) is 0 Å². The maximum absolute atomic E-state index is 14.2. The van der Waals surface area contributed by atoms with Crippen LogP contribution in [-0.4, -0.2) is 94.6 Å². The Morgan fingerprint density at radius 3 is 1.22 bits per heavy atom. The van der Waals surface area contributed by atoms with Gasteiger partial charge in [-0.2, -0.15) is 0 Å². The van der Waals surface area contributed by atoms with Gasteiger partial charge in [0.25, 0.3) is 0 Å². The van der Waals surface area contributed by atoms with Crippen LogP contribution in [0.4, 0.5) is 17.1 Å². The molecule has 0 aliphatic carbocycles. The molecular weight excluding hydrogens is 811 g/mol. The van der Waals surface area contributed by atoms with Crippen molar-refractivity contribution in [2.75, 3.05) is 54.8 Å². The number of carbonyl (C=O) groups is 4. The molecule has 2 saturated heterocycles. The average Bonchev–Trinajstić information content (AvgIpc) is 4.06. The van der Waals surface area contributed by atoms with Gasteiger partial charge in [-0.25, -0.2) is 0 Å². The minimum absolute atomic E-state index is 0.0271. The highest BCUT2D eigenvalue weighted by Crippen LogP contribution is 2.31. The average molecular weight is 876 g/mol.